The van der Waals surface area contributed by atoms with Crippen molar-refractivity contribution >= 4 is 44.1 Å². The Morgan fingerprint density at radius 1 is 1.13 bits per heavy atom. The van der Waals surface area contributed by atoms with Crippen LogP contribution in [0.2, 0.25) is 0 Å². The Labute approximate surface area is 184 Å². The van der Waals surface area contributed by atoms with Crippen molar-refractivity contribution in [2.24, 2.45) is 0 Å². The number of hydrogen-bond acceptors (Lipinski definition) is 7. The van der Waals surface area contributed by atoms with E-state index >= 15 is 0 Å². The summed E-state index contributed by atoms with van der Waals surface area (Å²) in [6.07, 6.45) is 1.72. The van der Waals surface area contributed by atoms with Crippen LogP contribution in [-0.2, 0) is 32.2 Å². The number of fused-ring (bicyclic) bond motifs is 1. The van der Waals surface area contributed by atoms with Gasteiger partial charge in [-0.2, -0.15) is 0 Å². The van der Waals surface area contributed by atoms with Gasteiger partial charge in [0.05, 0.1) is 22.8 Å². The number of sulfone groups is 1. The maximum Gasteiger partial charge on any atom is 0.414 e. The van der Waals surface area contributed by atoms with Crippen molar-refractivity contribution in [2.45, 2.75) is 43.9 Å². The van der Waals surface area contributed by atoms with Gasteiger partial charge in [0.1, 0.15) is 5.00 Å². The number of anilines is 1. The van der Waals surface area contributed by atoms with Crippen LogP contribution in [-0.4, -0.2) is 38.7 Å². The van der Waals surface area contributed by atoms with Gasteiger partial charge < -0.3 is 10.1 Å². The Morgan fingerprint density at radius 3 is 2.58 bits per heavy atom. The Kier molecular flexibility index (Phi) is 7.45. The second-order valence-electron chi connectivity index (χ2n) is 7.02. The average Bonchev–Trinajstić information content (AvgIpc) is 3.29. The largest absolute Gasteiger partial charge is 0.450 e. The number of benzene rings is 1. The molecule has 1 aliphatic carbocycles. The molecule has 0 saturated carbocycles. The number of carbonyl (C=O) groups is 3. The van der Waals surface area contributed by atoms with Gasteiger partial charge in [-0.15, -0.1) is 11.3 Å². The first kappa shape index (κ1) is 23.0. The molecule has 0 aliphatic heterocycles. The molecule has 0 spiro atoms. The maximum absolute atomic E-state index is 12.6. The number of amides is 3. The van der Waals surface area contributed by atoms with Crippen molar-refractivity contribution in [1.82, 2.24) is 5.32 Å². The lowest BCUT2D eigenvalue weighted by Gasteiger charge is -2.09. The van der Waals surface area contributed by atoms with E-state index in [1.165, 1.54) is 23.5 Å². The minimum atomic E-state index is -3.46. The van der Waals surface area contributed by atoms with E-state index in [9.17, 15) is 22.8 Å². The molecule has 0 saturated heterocycles. The van der Waals surface area contributed by atoms with Crippen molar-refractivity contribution in [3.8, 4) is 0 Å². The third-order valence-corrected chi connectivity index (χ3v) is 7.84. The normalized spacial score (nSPS) is 12.8. The van der Waals surface area contributed by atoms with Gasteiger partial charge in [-0.1, -0.05) is 18.2 Å². The lowest BCUT2D eigenvalue weighted by atomic mass is 10.1. The molecule has 1 heterocycles. The first-order valence-corrected chi connectivity index (χ1v) is 12.5. The predicted octanol–water partition coefficient (Wildman–Crippen LogP) is 3.32. The van der Waals surface area contributed by atoms with E-state index in [0.717, 1.165) is 23.3 Å². The van der Waals surface area contributed by atoms with Gasteiger partial charge >= 0.3 is 6.09 Å². The van der Waals surface area contributed by atoms with E-state index in [0.29, 0.717) is 11.4 Å². The van der Waals surface area contributed by atoms with Crippen molar-refractivity contribution in [3.05, 3.63) is 46.3 Å². The fourth-order valence-electron chi connectivity index (χ4n) is 3.41. The number of carbonyl (C=O) groups excluding carboxylic acids is 3. The monoisotopic (exact) mass is 464 g/mol. The number of nitrogens with one attached hydrogen (secondary N) is 2. The molecule has 166 valence electrons. The Balaban J connectivity index is 1.64. The summed E-state index contributed by atoms with van der Waals surface area (Å²) in [5, 5.41) is 5.29. The first-order valence-electron chi connectivity index (χ1n) is 10.0. The second kappa shape index (κ2) is 10.1. The highest BCUT2D eigenvalue weighted by atomic mass is 32.2. The summed E-state index contributed by atoms with van der Waals surface area (Å²) >= 11 is 1.32. The summed E-state index contributed by atoms with van der Waals surface area (Å²) in [7, 11) is -3.46. The first-order chi connectivity index (χ1) is 14.8. The van der Waals surface area contributed by atoms with E-state index in [1.54, 1.807) is 25.1 Å². The number of alkyl carbamates (subject to hydrolysis) is 1. The quantitative estimate of drug-likeness (QED) is 0.619. The Hall–Kier alpha value is -2.72. The van der Waals surface area contributed by atoms with Gasteiger partial charge in [-0.3, -0.25) is 14.9 Å². The molecule has 2 aromatic rings. The van der Waals surface area contributed by atoms with Crippen LogP contribution in [0.5, 0.6) is 0 Å². The molecule has 1 aliphatic rings. The molecule has 1 aromatic carbocycles. The topological polar surface area (TPSA) is 119 Å². The number of thiophene rings is 1. The summed E-state index contributed by atoms with van der Waals surface area (Å²) in [5.74, 6) is -1.14. The molecule has 0 fully saturated rings. The minimum absolute atomic E-state index is 0.00638. The van der Waals surface area contributed by atoms with Gasteiger partial charge in [0.2, 0.25) is 5.91 Å². The predicted molar refractivity (Wildman–Crippen MR) is 117 cm³/mol. The third kappa shape index (κ3) is 5.71. The number of rotatable bonds is 8. The molecule has 8 nitrogen and oxygen atoms in total. The molecule has 1 aromatic heterocycles. The molecular formula is C21H24N2O6S2. The van der Waals surface area contributed by atoms with Gasteiger partial charge in [-0.25, -0.2) is 13.2 Å². The van der Waals surface area contributed by atoms with Gasteiger partial charge in [0.25, 0.3) is 5.91 Å². The molecule has 31 heavy (non-hydrogen) atoms. The zero-order valence-corrected chi connectivity index (χ0v) is 18.7. The summed E-state index contributed by atoms with van der Waals surface area (Å²) in [6.45, 7) is 1.77. The van der Waals surface area contributed by atoms with E-state index in [-0.39, 0.29) is 41.6 Å². The van der Waals surface area contributed by atoms with Crippen LogP contribution in [0.4, 0.5) is 9.80 Å². The average molecular weight is 465 g/mol. The highest BCUT2D eigenvalue weighted by Gasteiger charge is 2.28. The molecule has 3 rings (SSSR count). The molecular weight excluding hydrogens is 440 g/mol. The zero-order valence-electron chi connectivity index (χ0n) is 17.1. The molecule has 0 unspecified atom stereocenters. The third-order valence-electron chi connectivity index (χ3n) is 4.81. The molecule has 3 amide bonds. The Bertz CT molecular complexity index is 1080. The molecule has 0 bridgehead atoms. The number of hydrogen-bond donors (Lipinski definition) is 2. The van der Waals surface area contributed by atoms with Crippen molar-refractivity contribution in [2.75, 3.05) is 17.7 Å². The van der Waals surface area contributed by atoms with Crippen LogP contribution >= 0.6 is 11.3 Å². The van der Waals surface area contributed by atoms with E-state index in [4.69, 9.17) is 4.74 Å². The highest BCUT2D eigenvalue weighted by molar-refractivity contribution is 7.91. The fourth-order valence-corrected chi connectivity index (χ4v) is 6.05. The zero-order chi connectivity index (χ0) is 22.4. The van der Waals surface area contributed by atoms with Gasteiger partial charge in [0, 0.05) is 11.3 Å². The summed E-state index contributed by atoms with van der Waals surface area (Å²) < 4.78 is 29.4. The molecule has 0 atom stereocenters. The smallest absolute Gasteiger partial charge is 0.414 e. The van der Waals surface area contributed by atoms with Crippen LogP contribution in [0, 0.1) is 0 Å². The minimum Gasteiger partial charge on any atom is -0.450 e. The lowest BCUT2D eigenvalue weighted by Crippen LogP contribution is -2.32. The van der Waals surface area contributed by atoms with Crippen molar-refractivity contribution < 1.29 is 27.5 Å². The second-order valence-corrected chi connectivity index (χ2v) is 10.2. The molecule has 10 heteroatoms. The fraction of sp³-hybridized carbons (Fsp3) is 0.381. The van der Waals surface area contributed by atoms with Crippen LogP contribution in [0.25, 0.3) is 0 Å². The number of ether oxygens (including phenoxy) is 1. The van der Waals surface area contributed by atoms with E-state index < -0.39 is 21.8 Å². The lowest BCUT2D eigenvalue weighted by molar-refractivity contribution is -0.116. The molecule has 0 radical (unpaired) electrons. The Morgan fingerprint density at radius 2 is 1.87 bits per heavy atom. The van der Waals surface area contributed by atoms with E-state index in [2.05, 4.69) is 10.6 Å². The number of aryl methyl sites for hydroxylation is 1. The SMILES string of the molecule is CCOC(=O)NC(=O)c1c(NC(=O)CCCS(=O)(=O)c2ccccc2)sc2c1CCC2. The van der Waals surface area contributed by atoms with Crippen LogP contribution in [0.15, 0.2) is 35.2 Å². The highest BCUT2D eigenvalue weighted by Crippen LogP contribution is 2.39. The van der Waals surface area contributed by atoms with Gasteiger partial charge in [-0.05, 0) is 50.3 Å². The van der Waals surface area contributed by atoms with Gasteiger partial charge in [0.15, 0.2) is 9.84 Å². The van der Waals surface area contributed by atoms with Crippen LogP contribution in [0.3, 0.4) is 0 Å². The summed E-state index contributed by atoms with van der Waals surface area (Å²) in [6, 6.07) is 8.09. The summed E-state index contributed by atoms with van der Waals surface area (Å²) in [4.78, 5) is 37.9. The van der Waals surface area contributed by atoms with Crippen molar-refractivity contribution in [1.29, 1.82) is 0 Å². The summed E-state index contributed by atoms with van der Waals surface area (Å²) in [5.41, 5.74) is 1.13. The van der Waals surface area contributed by atoms with Crippen LogP contribution in [0.1, 0.15) is 47.0 Å². The number of imide groups is 1. The standard InChI is InChI=1S/C21H24N2O6S2/c1-2-29-21(26)23-19(25)18-15-10-6-11-16(15)30-20(18)22-17(24)12-7-13-31(27,28)14-8-4-3-5-9-14/h3-5,8-9H,2,6-7,10-13H2,1H3,(H,22,24)(H,23,25,26). The van der Waals surface area contributed by atoms with E-state index in [1.807, 2.05) is 0 Å². The van der Waals surface area contributed by atoms with Crippen LogP contribution < -0.4 is 10.6 Å². The maximum atomic E-state index is 12.6. The molecule has 2 N–H and O–H groups in total. The van der Waals surface area contributed by atoms with Crippen molar-refractivity contribution in [3.63, 3.8) is 0 Å².